The lowest BCUT2D eigenvalue weighted by Gasteiger charge is -2.15. The Labute approximate surface area is 163 Å². The van der Waals surface area contributed by atoms with Crippen molar-refractivity contribution in [3.8, 4) is 0 Å². The zero-order valence-corrected chi connectivity index (χ0v) is 16.1. The first-order valence-corrected chi connectivity index (χ1v) is 9.24. The number of anilines is 1. The predicted molar refractivity (Wildman–Crippen MR) is 111 cm³/mol. The summed E-state index contributed by atoms with van der Waals surface area (Å²) in [6.45, 7) is 0.533. The summed E-state index contributed by atoms with van der Waals surface area (Å²) in [4.78, 5) is 28.0. The van der Waals surface area contributed by atoms with Crippen LogP contribution in [0.1, 0.15) is 17.7 Å². The third-order valence-corrected chi connectivity index (χ3v) is 4.40. The number of H-pyrrole nitrogens is 1. The second-order valence-corrected chi connectivity index (χ2v) is 6.70. The van der Waals surface area contributed by atoms with Gasteiger partial charge < -0.3 is 9.88 Å². The molecule has 1 aliphatic heterocycles. The molecule has 0 aliphatic carbocycles. The molecule has 3 rings (SSSR count). The lowest BCUT2D eigenvalue weighted by molar-refractivity contribution is -0.122. The highest BCUT2D eigenvalue weighted by Gasteiger charge is 2.28. The number of aromatic amines is 1. The third-order valence-electron chi connectivity index (χ3n) is 4.14. The lowest BCUT2D eigenvalue weighted by Crippen LogP contribution is -2.32. The van der Waals surface area contributed by atoms with Crippen LogP contribution in [0.3, 0.4) is 0 Å². The summed E-state index contributed by atoms with van der Waals surface area (Å²) >= 11 is 5.81. The number of rotatable bonds is 7. The van der Waals surface area contributed by atoms with E-state index in [1.165, 1.54) is 0 Å². The average Bonchev–Trinajstić information content (AvgIpc) is 3.28. The van der Waals surface area contributed by atoms with Gasteiger partial charge in [0.1, 0.15) is 11.5 Å². The fourth-order valence-electron chi connectivity index (χ4n) is 2.68. The second-order valence-electron chi connectivity index (χ2n) is 6.33. The number of amides is 1. The van der Waals surface area contributed by atoms with Crippen LogP contribution in [0.5, 0.6) is 0 Å². The summed E-state index contributed by atoms with van der Waals surface area (Å²) in [5.74, 6) is 0.990. The molecule has 1 aromatic carbocycles. The Hall–Kier alpha value is -2.86. The van der Waals surface area contributed by atoms with Crippen molar-refractivity contribution >= 4 is 41.2 Å². The number of aliphatic imine (C=N–C) groups is 1. The number of benzene rings is 1. The Morgan fingerprint density at radius 2 is 2.00 bits per heavy atom. The van der Waals surface area contributed by atoms with E-state index in [2.05, 4.69) is 15.0 Å². The Morgan fingerprint density at radius 1 is 1.22 bits per heavy atom. The number of aromatic nitrogens is 2. The van der Waals surface area contributed by atoms with E-state index in [0.29, 0.717) is 30.4 Å². The number of alkyl halides is 1. The molecule has 0 unspecified atom stereocenters. The minimum Gasteiger partial charge on any atom is -0.378 e. The molecule has 0 radical (unpaired) electrons. The van der Waals surface area contributed by atoms with Crippen molar-refractivity contribution in [1.82, 2.24) is 14.9 Å². The van der Waals surface area contributed by atoms with Gasteiger partial charge in [0.2, 0.25) is 0 Å². The van der Waals surface area contributed by atoms with Crippen molar-refractivity contribution in [3.63, 3.8) is 0 Å². The number of hydrogen-bond acceptors (Lipinski definition) is 4. The molecule has 1 aromatic heterocycles. The summed E-state index contributed by atoms with van der Waals surface area (Å²) in [6, 6.07) is 7.99. The molecule has 0 saturated heterocycles. The molecule has 6 nitrogen and oxygen atoms in total. The molecule has 7 heteroatoms. The molecule has 0 spiro atoms. The smallest absolute Gasteiger partial charge is 0.278 e. The van der Waals surface area contributed by atoms with Crippen LogP contribution in [0.25, 0.3) is 12.2 Å². The van der Waals surface area contributed by atoms with Gasteiger partial charge in [-0.15, -0.1) is 11.6 Å². The molecule has 0 bridgehead atoms. The zero-order chi connectivity index (χ0) is 19.2. The number of carbonyl (C=O) groups excluding carboxylic acids is 1. The van der Waals surface area contributed by atoms with Crippen molar-refractivity contribution in [3.05, 3.63) is 59.8 Å². The highest BCUT2D eigenvalue weighted by atomic mass is 35.5. The Bertz CT molecular complexity index is 866. The Morgan fingerprint density at radius 3 is 2.63 bits per heavy atom. The van der Waals surface area contributed by atoms with Crippen LogP contribution in [0.4, 0.5) is 5.69 Å². The molecular weight excluding hydrogens is 362 g/mol. The van der Waals surface area contributed by atoms with Gasteiger partial charge in [-0.2, -0.15) is 0 Å². The average molecular weight is 384 g/mol. The number of halogens is 1. The normalized spacial score (nSPS) is 15.8. The van der Waals surface area contributed by atoms with E-state index in [9.17, 15) is 4.79 Å². The summed E-state index contributed by atoms with van der Waals surface area (Å²) in [6.07, 6.45) is 9.49. The van der Waals surface area contributed by atoms with Crippen LogP contribution >= 0.6 is 11.6 Å². The Kier molecular flexibility index (Phi) is 6.08. The maximum atomic E-state index is 12.8. The molecule has 2 heterocycles. The van der Waals surface area contributed by atoms with Gasteiger partial charge in [0.15, 0.2) is 0 Å². The minimum absolute atomic E-state index is 0.110. The van der Waals surface area contributed by atoms with Crippen molar-refractivity contribution in [1.29, 1.82) is 0 Å². The second kappa shape index (κ2) is 8.68. The number of hydrogen-bond donors (Lipinski definition) is 1. The van der Waals surface area contributed by atoms with E-state index in [0.717, 1.165) is 16.9 Å². The molecule has 1 N–H and O–H groups in total. The molecule has 2 aromatic rings. The third kappa shape index (κ3) is 4.65. The van der Waals surface area contributed by atoms with Crippen molar-refractivity contribution < 1.29 is 4.79 Å². The fourth-order valence-corrected chi connectivity index (χ4v) is 2.80. The molecule has 27 heavy (non-hydrogen) atoms. The van der Waals surface area contributed by atoms with Gasteiger partial charge >= 0.3 is 0 Å². The fraction of sp³-hybridized carbons (Fsp3) is 0.250. The number of carbonyl (C=O) groups is 1. The quantitative estimate of drug-likeness (QED) is 0.588. The van der Waals surface area contributed by atoms with E-state index < -0.39 is 0 Å². The maximum Gasteiger partial charge on any atom is 0.278 e. The largest absolute Gasteiger partial charge is 0.378 e. The van der Waals surface area contributed by atoms with Gasteiger partial charge in [0.25, 0.3) is 5.91 Å². The van der Waals surface area contributed by atoms with Crippen molar-refractivity contribution in [2.24, 2.45) is 4.99 Å². The van der Waals surface area contributed by atoms with Gasteiger partial charge in [-0.3, -0.25) is 9.69 Å². The number of nitrogens with one attached hydrogen (secondary N) is 1. The van der Waals surface area contributed by atoms with Gasteiger partial charge in [0.05, 0.1) is 18.2 Å². The van der Waals surface area contributed by atoms with E-state index in [4.69, 9.17) is 11.6 Å². The molecule has 0 atom stereocenters. The zero-order valence-electron chi connectivity index (χ0n) is 15.4. The van der Waals surface area contributed by atoms with Crippen LogP contribution < -0.4 is 4.90 Å². The van der Waals surface area contributed by atoms with Crippen molar-refractivity contribution in [2.75, 3.05) is 31.4 Å². The van der Waals surface area contributed by atoms with Crippen LogP contribution in [0.15, 0.2) is 53.6 Å². The summed E-state index contributed by atoms with van der Waals surface area (Å²) in [7, 11) is 3.98. The molecular formula is C20H22ClN5O. The van der Waals surface area contributed by atoms with Crippen LogP contribution in [0, 0.1) is 0 Å². The van der Waals surface area contributed by atoms with Gasteiger partial charge in [-0.25, -0.2) is 9.98 Å². The topological polar surface area (TPSA) is 64.6 Å². The summed E-state index contributed by atoms with van der Waals surface area (Å²) in [5, 5.41) is 0. The van der Waals surface area contributed by atoms with Crippen molar-refractivity contribution in [2.45, 2.75) is 6.42 Å². The van der Waals surface area contributed by atoms with Gasteiger partial charge in [-0.1, -0.05) is 12.1 Å². The van der Waals surface area contributed by atoms with Gasteiger partial charge in [-0.05, 0) is 42.3 Å². The summed E-state index contributed by atoms with van der Waals surface area (Å²) < 4.78 is 0. The first-order valence-electron chi connectivity index (χ1n) is 8.70. The maximum absolute atomic E-state index is 12.8. The highest BCUT2D eigenvalue weighted by Crippen LogP contribution is 2.21. The number of amidine groups is 1. The number of nitrogens with zero attached hydrogens (tertiary/aromatic N) is 4. The van der Waals surface area contributed by atoms with E-state index in [-0.39, 0.29) is 5.91 Å². The van der Waals surface area contributed by atoms with Crippen LogP contribution in [-0.4, -0.2) is 53.1 Å². The SMILES string of the molecule is CN(C)c1ccc(/C=C2N=C(/C=C/c3cnc[nH]3)N(CCCCl)C\2=O)cc1. The number of imidazole rings is 1. The van der Waals surface area contributed by atoms with E-state index >= 15 is 0 Å². The lowest BCUT2D eigenvalue weighted by atomic mass is 10.1. The monoisotopic (exact) mass is 383 g/mol. The highest BCUT2D eigenvalue weighted by molar-refractivity contribution is 6.19. The first-order chi connectivity index (χ1) is 13.1. The van der Waals surface area contributed by atoms with E-state index in [1.807, 2.05) is 61.5 Å². The minimum atomic E-state index is -0.110. The van der Waals surface area contributed by atoms with Crippen LogP contribution in [-0.2, 0) is 4.79 Å². The summed E-state index contributed by atoms with van der Waals surface area (Å²) in [5.41, 5.74) is 3.31. The van der Waals surface area contributed by atoms with E-state index in [1.54, 1.807) is 17.4 Å². The molecule has 1 aliphatic rings. The van der Waals surface area contributed by atoms with Gasteiger partial charge in [0, 0.05) is 32.2 Å². The Balaban J connectivity index is 1.86. The standard InChI is InChI=1S/C20H22ClN5O/c1-25(2)17-7-4-15(5-8-17)12-18-20(27)26(11-3-10-21)19(24-18)9-6-16-13-22-14-23-16/h4-9,12-14H,3,10-11H2,1-2H3,(H,22,23)/b9-6+,18-12-. The molecule has 0 fully saturated rings. The molecule has 1 amide bonds. The van der Waals surface area contributed by atoms with Crippen LogP contribution in [0.2, 0.25) is 0 Å². The molecule has 140 valence electrons. The molecule has 0 saturated carbocycles. The predicted octanol–water partition coefficient (Wildman–Crippen LogP) is 3.40. The first kappa shape index (κ1) is 18.9.